The van der Waals surface area contributed by atoms with Gasteiger partial charge in [-0.3, -0.25) is 19.5 Å². The van der Waals surface area contributed by atoms with Crippen LogP contribution in [0.25, 0.3) is 0 Å². The number of hydrogen-bond donors (Lipinski definition) is 1. The van der Waals surface area contributed by atoms with Gasteiger partial charge in [0.25, 0.3) is 11.6 Å². The van der Waals surface area contributed by atoms with E-state index in [9.17, 15) is 19.7 Å². The largest absolute Gasteiger partial charge is 0.476 e. The molecule has 1 N–H and O–H groups in total. The van der Waals surface area contributed by atoms with Gasteiger partial charge in [-0.05, 0) is 35.0 Å². The number of carbonyl (C=O) groups is 2. The first-order valence-corrected chi connectivity index (χ1v) is 6.39. The molecule has 21 heavy (non-hydrogen) atoms. The number of rotatable bonds is 3. The monoisotopic (exact) mass is 353 g/mol. The standard InChI is InChI=1S/C12H8BrN3O5/c1-6-9(11(18)19)14-12(13)15(6)10(17)7-2-4-8(5-3-7)16(20)21/h2-5H,1H3,(H,18,19). The van der Waals surface area contributed by atoms with E-state index >= 15 is 0 Å². The van der Waals surface area contributed by atoms with Gasteiger partial charge in [0.05, 0.1) is 10.6 Å². The second-order valence-electron chi connectivity index (χ2n) is 4.06. The Morgan fingerprint density at radius 3 is 2.33 bits per heavy atom. The van der Waals surface area contributed by atoms with Gasteiger partial charge in [-0.2, -0.15) is 0 Å². The third kappa shape index (κ3) is 2.68. The minimum atomic E-state index is -1.25. The summed E-state index contributed by atoms with van der Waals surface area (Å²) >= 11 is 3.03. The van der Waals surface area contributed by atoms with Crippen LogP contribution in [-0.4, -0.2) is 31.5 Å². The van der Waals surface area contributed by atoms with Gasteiger partial charge in [0.15, 0.2) is 10.4 Å². The van der Waals surface area contributed by atoms with Crippen LogP contribution in [0.2, 0.25) is 0 Å². The molecule has 2 aromatic rings. The Balaban J connectivity index is 2.45. The van der Waals surface area contributed by atoms with Crippen molar-refractivity contribution in [2.45, 2.75) is 6.92 Å². The van der Waals surface area contributed by atoms with E-state index in [4.69, 9.17) is 5.11 Å². The summed E-state index contributed by atoms with van der Waals surface area (Å²) in [5.74, 6) is -1.78. The second kappa shape index (κ2) is 5.44. The third-order valence-corrected chi connectivity index (χ3v) is 3.33. The van der Waals surface area contributed by atoms with Crippen molar-refractivity contribution >= 4 is 33.5 Å². The molecule has 0 fully saturated rings. The Hall–Kier alpha value is -2.55. The van der Waals surface area contributed by atoms with Gasteiger partial charge < -0.3 is 5.11 Å². The molecule has 0 radical (unpaired) electrons. The number of aromatic nitrogens is 2. The van der Waals surface area contributed by atoms with E-state index < -0.39 is 16.8 Å². The number of non-ortho nitro benzene ring substituents is 1. The quantitative estimate of drug-likeness (QED) is 0.668. The van der Waals surface area contributed by atoms with Crippen molar-refractivity contribution < 1.29 is 19.6 Å². The molecular weight excluding hydrogens is 346 g/mol. The molecule has 0 aliphatic rings. The lowest BCUT2D eigenvalue weighted by Crippen LogP contribution is -2.14. The van der Waals surface area contributed by atoms with Crippen LogP contribution in [-0.2, 0) is 0 Å². The Kier molecular flexibility index (Phi) is 3.85. The van der Waals surface area contributed by atoms with Crippen molar-refractivity contribution in [2.75, 3.05) is 0 Å². The smallest absolute Gasteiger partial charge is 0.356 e. The third-order valence-electron chi connectivity index (χ3n) is 2.80. The van der Waals surface area contributed by atoms with E-state index in [2.05, 4.69) is 20.9 Å². The molecule has 1 aromatic carbocycles. The highest BCUT2D eigenvalue weighted by Crippen LogP contribution is 2.20. The van der Waals surface area contributed by atoms with E-state index in [0.717, 1.165) is 4.57 Å². The van der Waals surface area contributed by atoms with Crippen molar-refractivity contribution in [1.29, 1.82) is 0 Å². The summed E-state index contributed by atoms with van der Waals surface area (Å²) in [7, 11) is 0. The van der Waals surface area contributed by atoms with Crippen molar-refractivity contribution in [1.82, 2.24) is 9.55 Å². The predicted molar refractivity (Wildman–Crippen MR) is 74.4 cm³/mol. The average Bonchev–Trinajstić information content (AvgIpc) is 2.73. The van der Waals surface area contributed by atoms with Crippen LogP contribution in [0.5, 0.6) is 0 Å². The van der Waals surface area contributed by atoms with Gasteiger partial charge in [0, 0.05) is 17.7 Å². The molecule has 1 heterocycles. The SMILES string of the molecule is Cc1c(C(=O)O)nc(Br)n1C(=O)c1ccc([N+](=O)[O-])cc1. The van der Waals surface area contributed by atoms with Gasteiger partial charge in [-0.15, -0.1) is 0 Å². The van der Waals surface area contributed by atoms with E-state index in [0.29, 0.717) is 0 Å². The number of carboxylic acids is 1. The molecule has 9 heteroatoms. The summed E-state index contributed by atoms with van der Waals surface area (Å²) in [6.07, 6.45) is 0. The molecule has 8 nitrogen and oxygen atoms in total. The van der Waals surface area contributed by atoms with Crippen LogP contribution in [0.1, 0.15) is 26.5 Å². The first-order chi connectivity index (χ1) is 9.82. The summed E-state index contributed by atoms with van der Waals surface area (Å²) < 4.78 is 1.14. The number of nitrogens with zero attached hydrogens (tertiary/aromatic N) is 3. The zero-order valence-corrected chi connectivity index (χ0v) is 12.2. The average molecular weight is 354 g/mol. The number of aromatic carboxylic acids is 1. The van der Waals surface area contributed by atoms with Crippen LogP contribution in [0.4, 0.5) is 5.69 Å². The van der Waals surface area contributed by atoms with Crippen LogP contribution in [0.15, 0.2) is 29.0 Å². The Morgan fingerprint density at radius 2 is 1.90 bits per heavy atom. The lowest BCUT2D eigenvalue weighted by molar-refractivity contribution is -0.384. The summed E-state index contributed by atoms with van der Waals surface area (Å²) in [4.78, 5) is 37.1. The molecular formula is C12H8BrN3O5. The molecule has 0 bridgehead atoms. The predicted octanol–water partition coefficient (Wildman–Crippen LogP) is 2.25. The Morgan fingerprint density at radius 1 is 1.33 bits per heavy atom. The number of nitro groups is 1. The maximum atomic E-state index is 12.3. The zero-order valence-electron chi connectivity index (χ0n) is 10.6. The highest BCUT2D eigenvalue weighted by Gasteiger charge is 2.22. The fourth-order valence-corrected chi connectivity index (χ4v) is 2.37. The molecule has 1 aromatic heterocycles. The molecule has 0 aliphatic carbocycles. The maximum absolute atomic E-state index is 12.3. The number of halogens is 1. The van der Waals surface area contributed by atoms with Crippen molar-refractivity contribution in [3.05, 3.63) is 56.1 Å². The number of carboxylic acid groups (broad SMARTS) is 1. The van der Waals surface area contributed by atoms with E-state index in [1.165, 1.54) is 31.2 Å². The molecule has 0 saturated carbocycles. The second-order valence-corrected chi connectivity index (χ2v) is 4.77. The summed E-state index contributed by atoms with van der Waals surface area (Å²) in [6, 6.07) is 5.00. The van der Waals surface area contributed by atoms with Gasteiger partial charge in [-0.25, -0.2) is 9.78 Å². The molecule has 108 valence electrons. The van der Waals surface area contributed by atoms with Crippen LogP contribution >= 0.6 is 15.9 Å². The van der Waals surface area contributed by atoms with Gasteiger partial charge >= 0.3 is 5.97 Å². The molecule has 0 aliphatic heterocycles. The van der Waals surface area contributed by atoms with Crippen LogP contribution in [0, 0.1) is 17.0 Å². The normalized spacial score (nSPS) is 10.4. The van der Waals surface area contributed by atoms with E-state index in [1.807, 2.05) is 0 Å². The topological polar surface area (TPSA) is 115 Å². The summed E-state index contributed by atoms with van der Waals surface area (Å²) in [5, 5.41) is 19.5. The summed E-state index contributed by atoms with van der Waals surface area (Å²) in [5.41, 5.74) is -0.0344. The lowest BCUT2D eigenvalue weighted by Gasteiger charge is -2.05. The molecule has 0 amide bonds. The number of nitro benzene ring substituents is 1. The molecule has 0 saturated heterocycles. The van der Waals surface area contributed by atoms with Gasteiger partial charge in [-0.1, -0.05) is 0 Å². The maximum Gasteiger partial charge on any atom is 0.356 e. The Labute approximate surface area is 126 Å². The van der Waals surface area contributed by atoms with Crippen molar-refractivity contribution in [3.63, 3.8) is 0 Å². The fourth-order valence-electron chi connectivity index (χ4n) is 1.76. The minimum Gasteiger partial charge on any atom is -0.476 e. The van der Waals surface area contributed by atoms with E-state index in [1.54, 1.807) is 0 Å². The summed E-state index contributed by atoms with van der Waals surface area (Å²) in [6.45, 7) is 1.45. The molecule has 0 unspecified atom stereocenters. The number of benzene rings is 1. The first-order valence-electron chi connectivity index (χ1n) is 5.60. The first kappa shape index (κ1) is 14.9. The Bertz CT molecular complexity index is 751. The highest BCUT2D eigenvalue weighted by atomic mass is 79.9. The van der Waals surface area contributed by atoms with Crippen molar-refractivity contribution in [3.8, 4) is 0 Å². The van der Waals surface area contributed by atoms with Crippen LogP contribution < -0.4 is 0 Å². The van der Waals surface area contributed by atoms with Gasteiger partial charge in [0.1, 0.15) is 0 Å². The lowest BCUT2D eigenvalue weighted by atomic mass is 10.2. The van der Waals surface area contributed by atoms with Gasteiger partial charge in [0.2, 0.25) is 0 Å². The molecule has 0 atom stereocenters. The van der Waals surface area contributed by atoms with E-state index in [-0.39, 0.29) is 27.4 Å². The number of imidazole rings is 1. The fraction of sp³-hybridized carbons (Fsp3) is 0.0833. The zero-order chi connectivity index (χ0) is 15.7. The number of carbonyl (C=O) groups excluding carboxylic acids is 1. The number of hydrogen-bond acceptors (Lipinski definition) is 5. The molecule has 0 spiro atoms. The minimum absolute atomic E-state index is 0.0563. The molecule has 2 rings (SSSR count). The highest BCUT2D eigenvalue weighted by molar-refractivity contribution is 9.10. The van der Waals surface area contributed by atoms with Crippen LogP contribution in [0.3, 0.4) is 0 Å². The van der Waals surface area contributed by atoms with Crippen molar-refractivity contribution in [2.24, 2.45) is 0 Å².